The normalized spacial score (nSPS) is 12.7. The first kappa shape index (κ1) is 14.5. The summed E-state index contributed by atoms with van der Waals surface area (Å²) in [6.07, 6.45) is 3.52. The third-order valence-electron chi connectivity index (χ3n) is 3.19. The summed E-state index contributed by atoms with van der Waals surface area (Å²) < 4.78 is 7.31. The van der Waals surface area contributed by atoms with E-state index in [1.807, 2.05) is 12.1 Å². The van der Waals surface area contributed by atoms with Crippen LogP contribution in [0.2, 0.25) is 0 Å². The molecule has 2 heterocycles. The highest BCUT2D eigenvalue weighted by Gasteiger charge is 2.16. The second-order valence-electron chi connectivity index (χ2n) is 4.87. The summed E-state index contributed by atoms with van der Waals surface area (Å²) in [5.41, 5.74) is 6.90. The molecular weight excluding hydrogens is 256 g/mol. The summed E-state index contributed by atoms with van der Waals surface area (Å²) in [4.78, 5) is 19.9. The molecule has 0 aromatic carbocycles. The Hall–Kier alpha value is -1.95. The molecule has 0 fully saturated rings. The lowest BCUT2D eigenvalue weighted by atomic mass is 10.2. The Morgan fingerprint density at radius 3 is 3.05 bits per heavy atom. The number of fused-ring (bicyclic) bond motifs is 1. The lowest BCUT2D eigenvalue weighted by Gasteiger charge is -2.16. The van der Waals surface area contributed by atoms with Crippen molar-refractivity contribution in [3.8, 4) is 0 Å². The van der Waals surface area contributed by atoms with Crippen LogP contribution < -0.4 is 5.73 Å². The highest BCUT2D eigenvalue weighted by molar-refractivity contribution is 5.73. The molecule has 0 aliphatic heterocycles. The molecule has 2 rings (SSSR count). The van der Waals surface area contributed by atoms with Gasteiger partial charge in [0.25, 0.3) is 0 Å². The number of pyridine rings is 1. The Balaban J connectivity index is 2.31. The predicted molar refractivity (Wildman–Crippen MR) is 76.2 cm³/mol. The minimum absolute atomic E-state index is 0.142. The molecule has 0 unspecified atom stereocenters. The molecule has 6 nitrogen and oxygen atoms in total. The molecule has 2 aromatic heterocycles. The lowest BCUT2D eigenvalue weighted by molar-refractivity contribution is -0.118. The molecule has 0 aliphatic carbocycles. The fourth-order valence-corrected chi connectivity index (χ4v) is 2.35. The maximum Gasteiger partial charge on any atom is 0.217 e. The van der Waals surface area contributed by atoms with E-state index in [9.17, 15) is 4.79 Å². The molecule has 20 heavy (non-hydrogen) atoms. The highest BCUT2D eigenvalue weighted by atomic mass is 16.5. The summed E-state index contributed by atoms with van der Waals surface area (Å²) >= 11 is 0. The molecule has 1 amide bonds. The molecule has 1 atom stereocenters. The number of carbonyl (C=O) groups excluding carboxylic acids is 1. The van der Waals surface area contributed by atoms with Crippen molar-refractivity contribution in [1.82, 2.24) is 14.5 Å². The van der Waals surface area contributed by atoms with Crippen LogP contribution in [0.5, 0.6) is 0 Å². The van der Waals surface area contributed by atoms with Gasteiger partial charge in [-0.2, -0.15) is 0 Å². The van der Waals surface area contributed by atoms with E-state index in [1.165, 1.54) is 0 Å². The van der Waals surface area contributed by atoms with Crippen LogP contribution in [0.15, 0.2) is 18.3 Å². The van der Waals surface area contributed by atoms with Crippen LogP contribution in [0.4, 0.5) is 0 Å². The van der Waals surface area contributed by atoms with Crippen LogP contribution in [0, 0.1) is 0 Å². The van der Waals surface area contributed by atoms with E-state index in [1.54, 1.807) is 13.3 Å². The number of nitrogens with two attached hydrogens (primary N) is 1. The molecule has 0 saturated carbocycles. The average Bonchev–Trinajstić information content (AvgIpc) is 2.76. The van der Waals surface area contributed by atoms with Crippen molar-refractivity contribution in [1.29, 1.82) is 0 Å². The summed E-state index contributed by atoms with van der Waals surface area (Å²) in [7, 11) is 1.68. The van der Waals surface area contributed by atoms with Gasteiger partial charge in [0, 0.05) is 26.1 Å². The van der Waals surface area contributed by atoms with Crippen molar-refractivity contribution < 1.29 is 9.53 Å². The number of methoxy groups -OCH3 is 1. The van der Waals surface area contributed by atoms with Gasteiger partial charge in [0.2, 0.25) is 5.91 Å². The molecule has 2 aromatic rings. The van der Waals surface area contributed by atoms with Crippen LogP contribution >= 0.6 is 0 Å². The molecule has 0 saturated heterocycles. The van der Waals surface area contributed by atoms with Crippen LogP contribution in [0.1, 0.15) is 31.6 Å². The molecule has 0 radical (unpaired) electrons. The number of carbonyl (C=O) groups is 1. The Kier molecular flexibility index (Phi) is 4.68. The lowest BCUT2D eigenvalue weighted by Crippen LogP contribution is -2.16. The summed E-state index contributed by atoms with van der Waals surface area (Å²) in [6.45, 7) is 2.65. The predicted octanol–water partition coefficient (Wildman–Crippen LogP) is 1.45. The first-order chi connectivity index (χ1) is 9.63. The summed E-state index contributed by atoms with van der Waals surface area (Å²) in [6, 6.07) is 3.95. The number of aryl methyl sites for hydroxylation is 1. The van der Waals surface area contributed by atoms with Crippen LogP contribution in [0.3, 0.4) is 0 Å². The van der Waals surface area contributed by atoms with E-state index in [0.717, 1.165) is 17.0 Å². The zero-order valence-electron chi connectivity index (χ0n) is 11.9. The minimum Gasteiger partial charge on any atom is -0.383 e. The van der Waals surface area contributed by atoms with Crippen molar-refractivity contribution in [3.63, 3.8) is 0 Å². The molecular formula is C14H20N4O2. The van der Waals surface area contributed by atoms with Gasteiger partial charge in [0.05, 0.1) is 12.6 Å². The van der Waals surface area contributed by atoms with E-state index in [2.05, 4.69) is 21.5 Å². The zero-order valence-corrected chi connectivity index (χ0v) is 11.9. The number of ether oxygens (including phenoxy) is 1. The third-order valence-corrected chi connectivity index (χ3v) is 3.19. The van der Waals surface area contributed by atoms with Gasteiger partial charge in [-0.25, -0.2) is 9.97 Å². The van der Waals surface area contributed by atoms with E-state index >= 15 is 0 Å². The molecule has 6 heteroatoms. The summed E-state index contributed by atoms with van der Waals surface area (Å²) in [5.74, 6) is 0.639. The van der Waals surface area contributed by atoms with Gasteiger partial charge in [-0.3, -0.25) is 4.79 Å². The maximum atomic E-state index is 10.8. The first-order valence-electron chi connectivity index (χ1n) is 6.72. The van der Waals surface area contributed by atoms with Gasteiger partial charge >= 0.3 is 0 Å². The Labute approximate surface area is 118 Å². The van der Waals surface area contributed by atoms with Gasteiger partial charge < -0.3 is 15.0 Å². The molecule has 0 bridgehead atoms. The zero-order chi connectivity index (χ0) is 14.5. The van der Waals surface area contributed by atoms with Crippen LogP contribution in [-0.2, 0) is 16.0 Å². The van der Waals surface area contributed by atoms with E-state index in [-0.39, 0.29) is 11.9 Å². The number of imidazole rings is 1. The second-order valence-corrected chi connectivity index (χ2v) is 4.87. The van der Waals surface area contributed by atoms with Gasteiger partial charge in [0.15, 0.2) is 5.65 Å². The Morgan fingerprint density at radius 2 is 2.35 bits per heavy atom. The number of hydrogen-bond acceptors (Lipinski definition) is 4. The molecule has 0 spiro atoms. The number of aromatic nitrogens is 3. The Bertz CT molecular complexity index is 594. The fourth-order valence-electron chi connectivity index (χ4n) is 2.35. The molecule has 108 valence electrons. The van der Waals surface area contributed by atoms with Gasteiger partial charge in [-0.1, -0.05) is 0 Å². The van der Waals surface area contributed by atoms with Crippen LogP contribution in [0.25, 0.3) is 11.2 Å². The van der Waals surface area contributed by atoms with Crippen molar-refractivity contribution in [3.05, 3.63) is 24.2 Å². The van der Waals surface area contributed by atoms with Gasteiger partial charge in [-0.05, 0) is 25.5 Å². The first-order valence-corrected chi connectivity index (χ1v) is 6.72. The number of rotatable bonds is 7. The fraction of sp³-hybridized carbons (Fsp3) is 0.500. The topological polar surface area (TPSA) is 83.0 Å². The SMILES string of the molecule is COC[C@@H](C)n1c(CCCC(N)=O)nc2cccnc21. The van der Waals surface area contributed by atoms with E-state index in [4.69, 9.17) is 10.5 Å². The number of hydrogen-bond donors (Lipinski definition) is 1. The number of amides is 1. The third kappa shape index (κ3) is 3.14. The molecule has 0 aliphatic rings. The monoisotopic (exact) mass is 276 g/mol. The summed E-state index contributed by atoms with van der Waals surface area (Å²) in [5, 5.41) is 0. The largest absolute Gasteiger partial charge is 0.383 e. The van der Waals surface area contributed by atoms with Crippen molar-refractivity contribution >= 4 is 17.1 Å². The van der Waals surface area contributed by atoms with Gasteiger partial charge in [-0.15, -0.1) is 0 Å². The quantitative estimate of drug-likeness (QED) is 0.829. The standard InChI is InChI=1S/C14H20N4O2/c1-10(9-20-2)18-13(7-3-6-12(15)19)17-11-5-4-8-16-14(11)18/h4-5,8,10H,3,6-7,9H2,1-2H3,(H2,15,19)/t10-/m1/s1. The van der Waals surface area contributed by atoms with Crippen molar-refractivity contribution in [2.45, 2.75) is 32.2 Å². The highest BCUT2D eigenvalue weighted by Crippen LogP contribution is 2.20. The molecule has 2 N–H and O–H groups in total. The minimum atomic E-state index is -0.282. The Morgan fingerprint density at radius 1 is 1.55 bits per heavy atom. The smallest absolute Gasteiger partial charge is 0.217 e. The van der Waals surface area contributed by atoms with E-state index in [0.29, 0.717) is 25.9 Å². The van der Waals surface area contributed by atoms with Gasteiger partial charge in [0.1, 0.15) is 11.3 Å². The second kappa shape index (κ2) is 6.47. The maximum absolute atomic E-state index is 10.8. The number of nitrogens with zero attached hydrogens (tertiary/aromatic N) is 3. The van der Waals surface area contributed by atoms with Crippen LogP contribution in [-0.4, -0.2) is 34.2 Å². The van der Waals surface area contributed by atoms with Crippen molar-refractivity contribution in [2.75, 3.05) is 13.7 Å². The van der Waals surface area contributed by atoms with E-state index < -0.39 is 0 Å². The average molecular weight is 276 g/mol. The van der Waals surface area contributed by atoms with Crippen molar-refractivity contribution in [2.24, 2.45) is 5.73 Å². The number of primary amides is 1.